The topological polar surface area (TPSA) is 58.6 Å². The molecular formula is C17H27NO3. The Labute approximate surface area is 127 Å². The first kappa shape index (κ1) is 17.5. The van der Waals surface area contributed by atoms with Gasteiger partial charge in [0.1, 0.15) is 11.3 Å². The van der Waals surface area contributed by atoms with E-state index in [0.29, 0.717) is 19.4 Å². The van der Waals surface area contributed by atoms with E-state index >= 15 is 0 Å². The summed E-state index contributed by atoms with van der Waals surface area (Å²) < 4.78 is 5.67. The molecule has 0 amide bonds. The number of rotatable bonds is 7. The number of benzene rings is 1. The second-order valence-corrected chi connectivity index (χ2v) is 6.61. The van der Waals surface area contributed by atoms with Crippen molar-refractivity contribution in [2.24, 2.45) is 0 Å². The van der Waals surface area contributed by atoms with Gasteiger partial charge in [-0.15, -0.1) is 0 Å². The van der Waals surface area contributed by atoms with Crippen molar-refractivity contribution in [2.45, 2.75) is 51.5 Å². The molecule has 0 saturated carbocycles. The fraction of sp³-hybridized carbons (Fsp3) is 0.588. The monoisotopic (exact) mass is 293 g/mol. The van der Waals surface area contributed by atoms with Crippen LogP contribution in [0.3, 0.4) is 0 Å². The van der Waals surface area contributed by atoms with Gasteiger partial charge in [-0.25, -0.2) is 0 Å². The maximum absolute atomic E-state index is 11.1. The predicted octanol–water partition coefficient (Wildman–Crippen LogP) is 3.21. The molecule has 21 heavy (non-hydrogen) atoms. The van der Waals surface area contributed by atoms with Gasteiger partial charge in [0.25, 0.3) is 0 Å². The second kappa shape index (κ2) is 6.94. The highest BCUT2D eigenvalue weighted by Gasteiger charge is 2.30. The molecule has 1 atom stereocenters. The number of hydrogen-bond acceptors (Lipinski definition) is 3. The van der Waals surface area contributed by atoms with E-state index in [0.717, 1.165) is 5.75 Å². The second-order valence-electron chi connectivity index (χ2n) is 6.61. The molecule has 0 aliphatic carbocycles. The first-order valence-electron chi connectivity index (χ1n) is 7.35. The van der Waals surface area contributed by atoms with Crippen LogP contribution < -0.4 is 10.1 Å². The average Bonchev–Trinajstić information content (AvgIpc) is 2.42. The Morgan fingerprint density at radius 3 is 2.19 bits per heavy atom. The molecule has 4 heteroatoms. The highest BCUT2D eigenvalue weighted by Crippen LogP contribution is 2.24. The van der Waals surface area contributed by atoms with E-state index in [2.05, 4.69) is 38.2 Å². The first-order chi connectivity index (χ1) is 9.69. The van der Waals surface area contributed by atoms with Gasteiger partial charge in [-0.3, -0.25) is 4.79 Å². The van der Waals surface area contributed by atoms with Crippen LogP contribution in [-0.2, 0) is 10.2 Å². The first-order valence-corrected chi connectivity index (χ1v) is 7.35. The lowest BCUT2D eigenvalue weighted by atomic mass is 9.87. The summed E-state index contributed by atoms with van der Waals surface area (Å²) in [5.41, 5.74) is 0.511. The number of aliphatic carboxylic acids is 1. The van der Waals surface area contributed by atoms with Crippen LogP contribution in [-0.4, -0.2) is 30.3 Å². The third kappa shape index (κ3) is 5.05. The zero-order valence-electron chi connectivity index (χ0n) is 13.7. The minimum atomic E-state index is -0.889. The van der Waals surface area contributed by atoms with Crippen LogP contribution in [0.25, 0.3) is 0 Å². The Hall–Kier alpha value is -1.55. The van der Waals surface area contributed by atoms with Gasteiger partial charge >= 0.3 is 5.97 Å². The molecule has 2 N–H and O–H groups in total. The molecule has 0 bridgehead atoms. The van der Waals surface area contributed by atoms with E-state index in [1.807, 2.05) is 12.1 Å². The number of likely N-dealkylation sites (N-methyl/N-ethyl adjacent to an activating group) is 1. The van der Waals surface area contributed by atoms with Crippen LogP contribution in [0.5, 0.6) is 5.75 Å². The third-order valence-corrected chi connectivity index (χ3v) is 3.83. The normalized spacial score (nSPS) is 14.5. The molecule has 0 aromatic heterocycles. The van der Waals surface area contributed by atoms with E-state index in [4.69, 9.17) is 9.84 Å². The van der Waals surface area contributed by atoms with Crippen molar-refractivity contribution in [1.82, 2.24) is 5.32 Å². The summed E-state index contributed by atoms with van der Waals surface area (Å²) in [6, 6.07) is 8.08. The van der Waals surface area contributed by atoms with Gasteiger partial charge in [0.2, 0.25) is 0 Å². The maximum Gasteiger partial charge on any atom is 0.323 e. The minimum Gasteiger partial charge on any atom is -0.494 e. The summed E-state index contributed by atoms with van der Waals surface area (Å²) in [6.45, 7) is 8.72. The number of ether oxygens (including phenoxy) is 1. The van der Waals surface area contributed by atoms with Crippen molar-refractivity contribution < 1.29 is 14.6 Å². The zero-order valence-corrected chi connectivity index (χ0v) is 13.7. The number of carboxylic acid groups (broad SMARTS) is 1. The molecule has 0 heterocycles. The molecule has 0 aliphatic heterocycles. The Morgan fingerprint density at radius 1 is 1.19 bits per heavy atom. The Kier molecular flexibility index (Phi) is 5.78. The summed E-state index contributed by atoms with van der Waals surface area (Å²) in [4.78, 5) is 11.1. The van der Waals surface area contributed by atoms with Crippen LogP contribution in [0.1, 0.15) is 46.1 Å². The summed E-state index contributed by atoms with van der Waals surface area (Å²) >= 11 is 0. The third-order valence-electron chi connectivity index (χ3n) is 3.83. The quantitative estimate of drug-likeness (QED) is 0.758. The molecule has 1 aromatic carbocycles. The van der Waals surface area contributed by atoms with Crippen molar-refractivity contribution in [3.63, 3.8) is 0 Å². The van der Waals surface area contributed by atoms with E-state index in [-0.39, 0.29) is 5.41 Å². The molecule has 1 aromatic rings. The van der Waals surface area contributed by atoms with Crippen molar-refractivity contribution in [2.75, 3.05) is 13.7 Å². The Morgan fingerprint density at radius 2 is 1.76 bits per heavy atom. The van der Waals surface area contributed by atoms with E-state index in [9.17, 15) is 4.79 Å². The highest BCUT2D eigenvalue weighted by molar-refractivity contribution is 5.78. The van der Waals surface area contributed by atoms with Gasteiger partial charge in [-0.1, -0.05) is 32.9 Å². The molecule has 0 radical (unpaired) electrons. The van der Waals surface area contributed by atoms with E-state index in [1.54, 1.807) is 14.0 Å². The molecular weight excluding hydrogens is 266 g/mol. The smallest absolute Gasteiger partial charge is 0.323 e. The average molecular weight is 293 g/mol. The van der Waals surface area contributed by atoms with Crippen molar-refractivity contribution in [1.29, 1.82) is 0 Å². The number of carboxylic acids is 1. The number of nitrogens with one attached hydrogen (secondary N) is 1. The van der Waals surface area contributed by atoms with Crippen LogP contribution in [0.15, 0.2) is 24.3 Å². The lowest BCUT2D eigenvalue weighted by Crippen LogP contribution is -2.47. The molecule has 1 unspecified atom stereocenters. The Balaban J connectivity index is 2.45. The number of carbonyl (C=O) groups is 1. The standard InChI is InChI=1S/C17H27NO3/c1-16(2,3)13-7-9-14(10-8-13)21-12-6-11-17(4,18-5)15(19)20/h7-10,18H,6,11-12H2,1-5H3,(H,19,20). The van der Waals surface area contributed by atoms with Crippen LogP contribution >= 0.6 is 0 Å². The molecule has 0 fully saturated rings. The summed E-state index contributed by atoms with van der Waals surface area (Å²) in [5, 5.41) is 12.0. The highest BCUT2D eigenvalue weighted by atomic mass is 16.5. The Bertz CT molecular complexity index is 462. The van der Waals surface area contributed by atoms with E-state index in [1.165, 1.54) is 5.56 Å². The number of hydrogen-bond donors (Lipinski definition) is 2. The molecule has 4 nitrogen and oxygen atoms in total. The van der Waals surface area contributed by atoms with E-state index < -0.39 is 11.5 Å². The summed E-state index contributed by atoms with van der Waals surface area (Å²) in [5.74, 6) is -0.0102. The van der Waals surface area contributed by atoms with Crippen LogP contribution in [0.2, 0.25) is 0 Å². The lowest BCUT2D eigenvalue weighted by Gasteiger charge is -2.24. The molecule has 0 aliphatic rings. The van der Waals surface area contributed by atoms with Crippen molar-refractivity contribution >= 4 is 5.97 Å². The fourth-order valence-corrected chi connectivity index (χ4v) is 2.01. The maximum atomic E-state index is 11.1. The predicted molar refractivity (Wildman–Crippen MR) is 85.0 cm³/mol. The van der Waals surface area contributed by atoms with Crippen molar-refractivity contribution in [3.8, 4) is 5.75 Å². The largest absolute Gasteiger partial charge is 0.494 e. The SMILES string of the molecule is CNC(C)(CCCOc1ccc(C(C)(C)C)cc1)C(=O)O. The van der Waals surface area contributed by atoms with Crippen LogP contribution in [0, 0.1) is 0 Å². The molecule has 0 saturated heterocycles. The van der Waals surface area contributed by atoms with Gasteiger partial charge in [-0.05, 0) is 49.9 Å². The lowest BCUT2D eigenvalue weighted by molar-refractivity contribution is -0.144. The van der Waals surface area contributed by atoms with Crippen LogP contribution in [0.4, 0.5) is 0 Å². The summed E-state index contributed by atoms with van der Waals surface area (Å²) in [6.07, 6.45) is 1.21. The molecule has 1 rings (SSSR count). The zero-order chi connectivity index (χ0) is 16.1. The molecule has 118 valence electrons. The summed E-state index contributed by atoms with van der Waals surface area (Å²) in [7, 11) is 1.67. The van der Waals surface area contributed by atoms with Gasteiger partial charge in [-0.2, -0.15) is 0 Å². The van der Waals surface area contributed by atoms with Gasteiger partial charge in [0.05, 0.1) is 6.61 Å². The van der Waals surface area contributed by atoms with Gasteiger partial charge in [0, 0.05) is 0 Å². The fourth-order valence-electron chi connectivity index (χ4n) is 2.01. The van der Waals surface area contributed by atoms with Gasteiger partial charge < -0.3 is 15.2 Å². The van der Waals surface area contributed by atoms with Crippen molar-refractivity contribution in [3.05, 3.63) is 29.8 Å². The van der Waals surface area contributed by atoms with Gasteiger partial charge in [0.15, 0.2) is 0 Å². The minimum absolute atomic E-state index is 0.134. The molecule has 0 spiro atoms.